The van der Waals surface area contributed by atoms with Gasteiger partial charge in [-0.05, 0) is 59.2 Å². The zero-order valence-electron chi connectivity index (χ0n) is 10.1. The van der Waals surface area contributed by atoms with E-state index in [0.29, 0.717) is 0 Å². The summed E-state index contributed by atoms with van der Waals surface area (Å²) in [7, 11) is 0. The van der Waals surface area contributed by atoms with Gasteiger partial charge in [0.1, 0.15) is 5.82 Å². The normalized spacial score (nSPS) is 12.4. The third-order valence-corrected chi connectivity index (χ3v) is 3.39. The fourth-order valence-corrected chi connectivity index (χ4v) is 2.02. The van der Waals surface area contributed by atoms with Crippen molar-refractivity contribution in [2.24, 2.45) is 5.84 Å². The van der Waals surface area contributed by atoms with Gasteiger partial charge >= 0.3 is 0 Å². The van der Waals surface area contributed by atoms with Gasteiger partial charge in [0, 0.05) is 16.0 Å². The number of hydrazine groups is 1. The topological polar surface area (TPSA) is 63.8 Å². The quantitative estimate of drug-likeness (QED) is 0.502. The van der Waals surface area contributed by atoms with Gasteiger partial charge in [-0.3, -0.25) is 5.84 Å². The van der Waals surface area contributed by atoms with Crippen molar-refractivity contribution in [1.82, 2.24) is 15.4 Å². The summed E-state index contributed by atoms with van der Waals surface area (Å²) in [6, 6.07) is 8.30. The summed E-state index contributed by atoms with van der Waals surface area (Å²) in [5.41, 5.74) is 5.03. The molecule has 1 aromatic heterocycles. The van der Waals surface area contributed by atoms with Gasteiger partial charge in [-0.15, -0.1) is 0 Å². The van der Waals surface area contributed by atoms with Gasteiger partial charge in [0.2, 0.25) is 0 Å². The molecule has 0 aliphatic carbocycles. The Bertz CT molecular complexity index is 495. The molecule has 0 saturated carbocycles. The van der Waals surface area contributed by atoms with E-state index in [-0.39, 0.29) is 6.04 Å². The van der Waals surface area contributed by atoms with E-state index < -0.39 is 0 Å². The first-order chi connectivity index (χ1) is 8.69. The molecule has 0 aliphatic heterocycles. The molecule has 1 aromatic carbocycles. The van der Waals surface area contributed by atoms with Crippen molar-refractivity contribution in [2.75, 3.05) is 0 Å². The molecule has 2 rings (SSSR count). The van der Waals surface area contributed by atoms with Crippen molar-refractivity contribution < 1.29 is 0 Å². The summed E-state index contributed by atoms with van der Waals surface area (Å²) < 4.78 is 1.22. The minimum Gasteiger partial charge on any atom is -0.271 e. The highest BCUT2D eigenvalue weighted by Gasteiger charge is 2.13. The van der Waals surface area contributed by atoms with Crippen molar-refractivity contribution >= 4 is 22.6 Å². The van der Waals surface area contributed by atoms with Crippen LogP contribution < -0.4 is 11.3 Å². The SMILES string of the molecule is Cc1cnc(C(Cc2ccc(I)cc2)NN)nc1. The summed E-state index contributed by atoms with van der Waals surface area (Å²) in [5, 5.41) is 0. The Morgan fingerprint density at radius 1 is 1.22 bits per heavy atom. The van der Waals surface area contributed by atoms with E-state index in [9.17, 15) is 0 Å². The van der Waals surface area contributed by atoms with E-state index in [4.69, 9.17) is 5.84 Å². The van der Waals surface area contributed by atoms with Crippen LogP contribution in [0.1, 0.15) is 23.0 Å². The second-order valence-electron chi connectivity index (χ2n) is 4.17. The van der Waals surface area contributed by atoms with Crippen LogP contribution in [0.3, 0.4) is 0 Å². The van der Waals surface area contributed by atoms with E-state index in [2.05, 4.69) is 62.3 Å². The number of aromatic nitrogens is 2. The zero-order chi connectivity index (χ0) is 13.0. The number of halogens is 1. The summed E-state index contributed by atoms with van der Waals surface area (Å²) in [4.78, 5) is 8.62. The monoisotopic (exact) mass is 354 g/mol. The molecule has 1 unspecified atom stereocenters. The minimum atomic E-state index is -0.0642. The molecule has 0 spiro atoms. The first-order valence-electron chi connectivity index (χ1n) is 5.68. The van der Waals surface area contributed by atoms with Crippen LogP contribution >= 0.6 is 22.6 Å². The molecule has 4 nitrogen and oxygen atoms in total. The standard InChI is InChI=1S/C13H15IN4/c1-9-7-16-13(17-8-9)12(18-15)6-10-2-4-11(14)5-3-10/h2-5,7-8,12,18H,6,15H2,1H3. The largest absolute Gasteiger partial charge is 0.271 e. The number of nitrogens with two attached hydrogens (primary N) is 1. The molecular formula is C13H15IN4. The van der Waals surface area contributed by atoms with Crippen molar-refractivity contribution in [3.63, 3.8) is 0 Å². The van der Waals surface area contributed by atoms with Gasteiger partial charge in [-0.2, -0.15) is 0 Å². The van der Waals surface area contributed by atoms with Crippen LogP contribution in [0.4, 0.5) is 0 Å². The number of rotatable bonds is 4. The van der Waals surface area contributed by atoms with Crippen LogP contribution in [-0.4, -0.2) is 9.97 Å². The Morgan fingerprint density at radius 2 is 1.83 bits per heavy atom. The molecule has 0 saturated heterocycles. The molecular weight excluding hydrogens is 339 g/mol. The molecule has 3 N–H and O–H groups in total. The predicted octanol–water partition coefficient (Wildman–Crippen LogP) is 2.14. The van der Waals surface area contributed by atoms with E-state index in [0.717, 1.165) is 17.8 Å². The molecule has 1 heterocycles. The molecule has 2 aromatic rings. The molecule has 0 radical (unpaired) electrons. The Kier molecular flexibility index (Phi) is 4.62. The Hall–Kier alpha value is -1.05. The van der Waals surface area contributed by atoms with Gasteiger partial charge in [0.05, 0.1) is 6.04 Å². The molecule has 18 heavy (non-hydrogen) atoms. The average molecular weight is 354 g/mol. The van der Waals surface area contributed by atoms with Crippen LogP contribution in [0.5, 0.6) is 0 Å². The molecule has 0 bridgehead atoms. The Labute approximate surface area is 120 Å². The fraction of sp³-hybridized carbons (Fsp3) is 0.231. The van der Waals surface area contributed by atoms with E-state index in [1.807, 2.05) is 6.92 Å². The van der Waals surface area contributed by atoms with Crippen LogP contribution in [0.2, 0.25) is 0 Å². The maximum absolute atomic E-state index is 5.59. The second-order valence-corrected chi connectivity index (χ2v) is 5.41. The maximum atomic E-state index is 5.59. The molecule has 94 valence electrons. The Morgan fingerprint density at radius 3 is 2.39 bits per heavy atom. The number of hydrogen-bond acceptors (Lipinski definition) is 4. The van der Waals surface area contributed by atoms with E-state index >= 15 is 0 Å². The third-order valence-electron chi connectivity index (χ3n) is 2.67. The molecule has 0 fully saturated rings. The number of nitrogens with one attached hydrogen (secondary N) is 1. The Balaban J connectivity index is 2.14. The first kappa shape index (κ1) is 13.4. The van der Waals surface area contributed by atoms with Crippen LogP contribution in [0, 0.1) is 10.5 Å². The van der Waals surface area contributed by atoms with Gasteiger partial charge in [-0.1, -0.05) is 12.1 Å². The summed E-state index contributed by atoms with van der Waals surface area (Å²) in [6.07, 6.45) is 4.39. The van der Waals surface area contributed by atoms with Gasteiger partial charge < -0.3 is 0 Å². The summed E-state index contributed by atoms with van der Waals surface area (Å²) in [6.45, 7) is 1.97. The lowest BCUT2D eigenvalue weighted by Gasteiger charge is -2.14. The van der Waals surface area contributed by atoms with Gasteiger partial charge in [0.25, 0.3) is 0 Å². The van der Waals surface area contributed by atoms with Gasteiger partial charge in [-0.25, -0.2) is 15.4 Å². The van der Waals surface area contributed by atoms with Crippen molar-refractivity contribution in [3.05, 3.63) is 57.2 Å². The lowest BCUT2D eigenvalue weighted by atomic mass is 10.1. The fourth-order valence-electron chi connectivity index (χ4n) is 1.66. The lowest BCUT2D eigenvalue weighted by molar-refractivity contribution is 0.522. The van der Waals surface area contributed by atoms with E-state index in [1.54, 1.807) is 12.4 Å². The van der Waals surface area contributed by atoms with Crippen LogP contribution in [0.25, 0.3) is 0 Å². The third kappa shape index (κ3) is 3.47. The van der Waals surface area contributed by atoms with Gasteiger partial charge in [0.15, 0.2) is 0 Å². The van der Waals surface area contributed by atoms with Crippen LogP contribution in [0.15, 0.2) is 36.7 Å². The zero-order valence-corrected chi connectivity index (χ0v) is 12.3. The molecule has 0 aliphatic rings. The van der Waals surface area contributed by atoms with Crippen molar-refractivity contribution in [2.45, 2.75) is 19.4 Å². The van der Waals surface area contributed by atoms with Crippen LogP contribution in [-0.2, 0) is 6.42 Å². The maximum Gasteiger partial charge on any atom is 0.146 e. The number of benzene rings is 1. The highest BCUT2D eigenvalue weighted by Crippen LogP contribution is 2.15. The molecule has 1 atom stereocenters. The second kappa shape index (κ2) is 6.21. The van der Waals surface area contributed by atoms with E-state index in [1.165, 1.54) is 9.13 Å². The summed E-state index contributed by atoms with van der Waals surface area (Å²) >= 11 is 2.29. The summed E-state index contributed by atoms with van der Waals surface area (Å²) in [5.74, 6) is 6.31. The first-order valence-corrected chi connectivity index (χ1v) is 6.76. The molecule has 5 heteroatoms. The number of nitrogens with zero attached hydrogens (tertiary/aromatic N) is 2. The molecule has 0 amide bonds. The number of aryl methyl sites for hydroxylation is 1. The highest BCUT2D eigenvalue weighted by atomic mass is 127. The van der Waals surface area contributed by atoms with Crippen molar-refractivity contribution in [3.8, 4) is 0 Å². The minimum absolute atomic E-state index is 0.0642. The average Bonchev–Trinajstić information content (AvgIpc) is 2.39. The highest BCUT2D eigenvalue weighted by molar-refractivity contribution is 14.1. The predicted molar refractivity (Wildman–Crippen MR) is 79.7 cm³/mol. The lowest BCUT2D eigenvalue weighted by Crippen LogP contribution is -2.31. The number of hydrogen-bond donors (Lipinski definition) is 2. The van der Waals surface area contributed by atoms with Crippen molar-refractivity contribution in [1.29, 1.82) is 0 Å². The smallest absolute Gasteiger partial charge is 0.146 e.